The summed E-state index contributed by atoms with van der Waals surface area (Å²) in [7, 11) is 0. The molecule has 1 unspecified atom stereocenters. The molecule has 1 fully saturated rings. The minimum atomic E-state index is -0.901. The molecule has 0 spiro atoms. The van der Waals surface area contributed by atoms with Crippen LogP contribution in [-0.4, -0.2) is 39.1 Å². The Morgan fingerprint density at radius 2 is 2.17 bits per heavy atom. The predicted octanol–water partition coefficient (Wildman–Crippen LogP) is 3.03. The van der Waals surface area contributed by atoms with Gasteiger partial charge in [0.05, 0.1) is 29.2 Å². The van der Waals surface area contributed by atoms with E-state index in [4.69, 9.17) is 4.42 Å². The second-order valence-electron chi connectivity index (χ2n) is 6.62. The first kappa shape index (κ1) is 15.7. The summed E-state index contributed by atoms with van der Waals surface area (Å²) in [4.78, 5) is 19.1. The number of aromatic nitrogens is 1. The van der Waals surface area contributed by atoms with E-state index in [1.54, 1.807) is 37.1 Å². The lowest BCUT2D eigenvalue weighted by molar-refractivity contribution is 0.000285. The summed E-state index contributed by atoms with van der Waals surface area (Å²) in [6.45, 7) is 6.02. The quantitative estimate of drug-likeness (QED) is 0.945. The summed E-state index contributed by atoms with van der Waals surface area (Å²) in [5.41, 5.74) is 1.06. The minimum Gasteiger partial charge on any atom is -0.463 e. The van der Waals surface area contributed by atoms with Gasteiger partial charge >= 0.3 is 0 Å². The van der Waals surface area contributed by atoms with Crippen LogP contribution in [0.15, 0.2) is 34.9 Å². The molecule has 23 heavy (non-hydrogen) atoms. The maximum absolute atomic E-state index is 12.9. The zero-order chi connectivity index (χ0) is 16.6. The summed E-state index contributed by atoms with van der Waals surface area (Å²) >= 11 is 0. The van der Waals surface area contributed by atoms with Gasteiger partial charge in [-0.3, -0.25) is 4.79 Å². The van der Waals surface area contributed by atoms with Gasteiger partial charge in [-0.15, -0.1) is 0 Å². The fourth-order valence-electron chi connectivity index (χ4n) is 3.25. The number of amides is 1. The Labute approximate surface area is 135 Å². The van der Waals surface area contributed by atoms with Crippen molar-refractivity contribution in [2.75, 3.05) is 6.54 Å². The second-order valence-corrected chi connectivity index (χ2v) is 6.62. The van der Waals surface area contributed by atoms with E-state index >= 15 is 0 Å². The first-order chi connectivity index (χ1) is 10.9. The standard InChI is InChI=1S/C18H22N2O3/c1-12-13(8-9-14(19-12)15-6-5-11-23-15)17(21)20-10-4-7-16(20)18(2,3)22/h5-6,8-9,11,16,22H,4,7,10H2,1-3H3. The largest absolute Gasteiger partial charge is 0.463 e. The average molecular weight is 314 g/mol. The van der Waals surface area contributed by atoms with Gasteiger partial charge < -0.3 is 14.4 Å². The third-order valence-electron chi connectivity index (χ3n) is 4.42. The van der Waals surface area contributed by atoms with Crippen molar-refractivity contribution in [3.63, 3.8) is 0 Å². The number of aliphatic hydroxyl groups is 1. The number of aryl methyl sites for hydroxylation is 1. The molecular weight excluding hydrogens is 292 g/mol. The van der Waals surface area contributed by atoms with Crippen molar-refractivity contribution in [1.82, 2.24) is 9.88 Å². The van der Waals surface area contributed by atoms with Crippen molar-refractivity contribution in [2.24, 2.45) is 0 Å². The maximum atomic E-state index is 12.9. The normalized spacial score (nSPS) is 18.4. The molecule has 1 aliphatic heterocycles. The van der Waals surface area contributed by atoms with Crippen LogP contribution in [0.25, 0.3) is 11.5 Å². The van der Waals surface area contributed by atoms with Crippen molar-refractivity contribution < 1.29 is 14.3 Å². The fraction of sp³-hybridized carbons (Fsp3) is 0.444. The van der Waals surface area contributed by atoms with Gasteiger partial charge in [0.25, 0.3) is 5.91 Å². The van der Waals surface area contributed by atoms with Gasteiger partial charge in [0.2, 0.25) is 0 Å². The lowest BCUT2D eigenvalue weighted by Gasteiger charge is -2.34. The lowest BCUT2D eigenvalue weighted by Crippen LogP contribution is -2.48. The third kappa shape index (κ3) is 3.01. The van der Waals surface area contributed by atoms with Gasteiger partial charge in [-0.2, -0.15) is 0 Å². The molecule has 1 amide bonds. The highest BCUT2D eigenvalue weighted by Crippen LogP contribution is 2.29. The highest BCUT2D eigenvalue weighted by Gasteiger charge is 2.39. The van der Waals surface area contributed by atoms with E-state index in [-0.39, 0.29) is 11.9 Å². The number of nitrogens with zero attached hydrogens (tertiary/aromatic N) is 2. The lowest BCUT2D eigenvalue weighted by atomic mass is 9.96. The van der Waals surface area contributed by atoms with Crippen LogP contribution in [0.3, 0.4) is 0 Å². The minimum absolute atomic E-state index is 0.0642. The Morgan fingerprint density at radius 1 is 1.39 bits per heavy atom. The monoisotopic (exact) mass is 314 g/mol. The van der Waals surface area contributed by atoms with Crippen LogP contribution >= 0.6 is 0 Å². The van der Waals surface area contributed by atoms with Crippen LogP contribution in [0.5, 0.6) is 0 Å². The van der Waals surface area contributed by atoms with Gasteiger partial charge in [-0.05, 0) is 57.9 Å². The molecule has 1 N–H and O–H groups in total. The molecule has 0 saturated carbocycles. The number of furan rings is 1. The van der Waals surface area contributed by atoms with Gasteiger partial charge in [0, 0.05) is 6.54 Å². The molecule has 5 heteroatoms. The van der Waals surface area contributed by atoms with Crippen LogP contribution in [0.1, 0.15) is 42.7 Å². The van der Waals surface area contributed by atoms with Crippen molar-refractivity contribution >= 4 is 5.91 Å². The van der Waals surface area contributed by atoms with E-state index in [0.29, 0.717) is 29.3 Å². The highest BCUT2D eigenvalue weighted by molar-refractivity contribution is 5.96. The van der Waals surface area contributed by atoms with Gasteiger partial charge in [0.15, 0.2) is 5.76 Å². The van der Waals surface area contributed by atoms with E-state index in [0.717, 1.165) is 12.8 Å². The van der Waals surface area contributed by atoms with Crippen LogP contribution in [0.4, 0.5) is 0 Å². The molecule has 0 bridgehead atoms. The summed E-state index contributed by atoms with van der Waals surface area (Å²) in [6.07, 6.45) is 3.34. The van der Waals surface area contributed by atoms with Crippen LogP contribution in [0.2, 0.25) is 0 Å². The molecule has 2 aromatic rings. The predicted molar refractivity (Wildman–Crippen MR) is 87.0 cm³/mol. The summed E-state index contributed by atoms with van der Waals surface area (Å²) < 4.78 is 5.35. The number of hydrogen-bond acceptors (Lipinski definition) is 4. The summed E-state index contributed by atoms with van der Waals surface area (Å²) in [5, 5.41) is 10.3. The Morgan fingerprint density at radius 3 is 2.78 bits per heavy atom. The van der Waals surface area contributed by atoms with E-state index in [1.165, 1.54) is 0 Å². The maximum Gasteiger partial charge on any atom is 0.256 e. The Balaban J connectivity index is 1.88. The third-order valence-corrected chi connectivity index (χ3v) is 4.42. The SMILES string of the molecule is Cc1nc(-c2ccco2)ccc1C(=O)N1CCCC1C(C)(C)O. The molecule has 3 heterocycles. The number of carbonyl (C=O) groups excluding carboxylic acids is 1. The van der Waals surface area contributed by atoms with Crippen molar-refractivity contribution in [1.29, 1.82) is 0 Å². The Hall–Kier alpha value is -2.14. The first-order valence-corrected chi connectivity index (χ1v) is 7.93. The zero-order valence-corrected chi connectivity index (χ0v) is 13.7. The van der Waals surface area contributed by atoms with Gasteiger partial charge in [-0.1, -0.05) is 0 Å². The molecule has 0 aromatic carbocycles. The summed E-state index contributed by atoms with van der Waals surface area (Å²) in [6, 6.07) is 7.09. The molecule has 2 aromatic heterocycles. The van der Waals surface area contributed by atoms with Crippen LogP contribution in [-0.2, 0) is 0 Å². The Kier molecular flexibility index (Phi) is 3.98. The highest BCUT2D eigenvalue weighted by atomic mass is 16.3. The number of carbonyl (C=O) groups is 1. The Bertz CT molecular complexity index is 702. The number of pyridine rings is 1. The van der Waals surface area contributed by atoms with Crippen molar-refractivity contribution in [3.8, 4) is 11.5 Å². The van der Waals surface area contributed by atoms with E-state index in [1.807, 2.05) is 19.1 Å². The molecule has 0 radical (unpaired) electrons. The van der Waals surface area contributed by atoms with Crippen LogP contribution in [0, 0.1) is 6.92 Å². The van der Waals surface area contributed by atoms with Gasteiger partial charge in [-0.25, -0.2) is 4.98 Å². The molecule has 122 valence electrons. The first-order valence-electron chi connectivity index (χ1n) is 7.93. The zero-order valence-electron chi connectivity index (χ0n) is 13.7. The number of likely N-dealkylation sites (tertiary alicyclic amines) is 1. The topological polar surface area (TPSA) is 66.6 Å². The van der Waals surface area contributed by atoms with E-state index < -0.39 is 5.60 Å². The van der Waals surface area contributed by atoms with Gasteiger partial charge in [0.1, 0.15) is 5.69 Å². The number of hydrogen-bond donors (Lipinski definition) is 1. The molecular formula is C18H22N2O3. The summed E-state index contributed by atoms with van der Waals surface area (Å²) in [5.74, 6) is 0.619. The average Bonchev–Trinajstić information content (AvgIpc) is 3.17. The van der Waals surface area contributed by atoms with E-state index in [9.17, 15) is 9.90 Å². The fourth-order valence-corrected chi connectivity index (χ4v) is 3.25. The molecule has 1 atom stereocenters. The van der Waals surface area contributed by atoms with E-state index in [2.05, 4.69) is 4.98 Å². The molecule has 5 nitrogen and oxygen atoms in total. The van der Waals surface area contributed by atoms with Crippen molar-refractivity contribution in [2.45, 2.75) is 45.3 Å². The van der Waals surface area contributed by atoms with Crippen molar-refractivity contribution in [3.05, 3.63) is 41.8 Å². The molecule has 1 aliphatic rings. The second kappa shape index (κ2) is 5.81. The number of rotatable bonds is 3. The molecule has 1 saturated heterocycles. The van der Waals surface area contributed by atoms with Crippen LogP contribution < -0.4 is 0 Å². The molecule has 3 rings (SSSR count). The smallest absolute Gasteiger partial charge is 0.256 e. The molecule has 0 aliphatic carbocycles.